The predicted molar refractivity (Wildman–Crippen MR) is 77.0 cm³/mol. The molecule has 2 nitrogen and oxygen atoms in total. The number of hydrogen-bond acceptors (Lipinski definition) is 2. The van der Waals surface area contributed by atoms with E-state index >= 15 is 0 Å². The van der Waals surface area contributed by atoms with Crippen molar-refractivity contribution >= 4 is 17.3 Å². The first-order chi connectivity index (χ1) is 8.10. The Bertz CT molecular complexity index is 352. The lowest BCUT2D eigenvalue weighted by molar-refractivity contribution is 0.655. The van der Waals surface area contributed by atoms with E-state index in [2.05, 4.69) is 50.2 Å². The molecule has 0 saturated heterocycles. The normalized spacial score (nSPS) is 12.5. The molecule has 1 unspecified atom stereocenters. The monoisotopic (exact) mass is 254 g/mol. The van der Waals surface area contributed by atoms with E-state index in [1.165, 1.54) is 11.3 Å². The number of hydrogen-bond donors (Lipinski definition) is 1. The maximum Gasteiger partial charge on any atom is 0.0426 e. The molecule has 0 saturated carbocycles. The van der Waals surface area contributed by atoms with Crippen LogP contribution in [0, 0.1) is 0 Å². The van der Waals surface area contributed by atoms with Crippen LogP contribution in [-0.4, -0.2) is 19.6 Å². The summed E-state index contributed by atoms with van der Waals surface area (Å²) in [6, 6.07) is 6.65. The summed E-state index contributed by atoms with van der Waals surface area (Å²) < 4.78 is 0. The average molecular weight is 255 g/mol. The molecule has 0 heterocycles. The molecule has 0 bridgehead atoms. The van der Waals surface area contributed by atoms with E-state index in [0.717, 1.165) is 24.5 Å². The Balaban J connectivity index is 2.97. The summed E-state index contributed by atoms with van der Waals surface area (Å²) in [5.41, 5.74) is 2.53. The number of halogens is 1. The van der Waals surface area contributed by atoms with Crippen LogP contribution in [0.5, 0.6) is 0 Å². The fourth-order valence-corrected chi connectivity index (χ4v) is 1.95. The predicted octanol–water partition coefficient (Wildman–Crippen LogP) is 3.68. The molecule has 0 fully saturated rings. The van der Waals surface area contributed by atoms with Crippen LogP contribution in [0.1, 0.15) is 32.8 Å². The van der Waals surface area contributed by atoms with Crippen molar-refractivity contribution in [3.63, 3.8) is 0 Å². The molecule has 96 valence electrons. The Kier molecular flexibility index (Phi) is 5.79. The summed E-state index contributed by atoms with van der Waals surface area (Å²) in [7, 11) is 2.13. The molecule has 0 aromatic heterocycles. The molecule has 3 heteroatoms. The topological polar surface area (TPSA) is 15.3 Å². The number of benzene rings is 1. The Labute approximate surface area is 110 Å². The van der Waals surface area contributed by atoms with Crippen LogP contribution in [-0.2, 0) is 6.54 Å². The minimum Gasteiger partial charge on any atom is -0.372 e. The first-order valence-corrected chi connectivity index (χ1v) is 6.69. The molecule has 1 aromatic carbocycles. The highest BCUT2D eigenvalue weighted by atomic mass is 35.5. The maximum atomic E-state index is 6.10. The Morgan fingerprint density at radius 3 is 2.65 bits per heavy atom. The van der Waals surface area contributed by atoms with Crippen molar-refractivity contribution in [1.29, 1.82) is 0 Å². The molecule has 1 aromatic rings. The van der Waals surface area contributed by atoms with Crippen LogP contribution in [0.4, 0.5) is 5.69 Å². The minimum atomic E-state index is 0.522. The number of rotatable bonds is 6. The smallest absolute Gasteiger partial charge is 0.0426 e. The number of anilines is 1. The molecule has 0 aliphatic carbocycles. The van der Waals surface area contributed by atoms with Crippen molar-refractivity contribution in [1.82, 2.24) is 5.32 Å². The van der Waals surface area contributed by atoms with Gasteiger partial charge in [0.15, 0.2) is 0 Å². The molecule has 0 spiro atoms. The highest BCUT2D eigenvalue weighted by molar-refractivity contribution is 6.30. The van der Waals surface area contributed by atoms with E-state index in [1.807, 2.05) is 6.07 Å². The Morgan fingerprint density at radius 2 is 2.06 bits per heavy atom. The van der Waals surface area contributed by atoms with Gasteiger partial charge in [-0.2, -0.15) is 0 Å². The first-order valence-electron chi connectivity index (χ1n) is 6.32. The zero-order valence-electron chi connectivity index (χ0n) is 11.3. The maximum absolute atomic E-state index is 6.10. The third kappa shape index (κ3) is 3.90. The van der Waals surface area contributed by atoms with Gasteiger partial charge in [0.2, 0.25) is 0 Å². The van der Waals surface area contributed by atoms with Gasteiger partial charge >= 0.3 is 0 Å². The fraction of sp³-hybridized carbons (Fsp3) is 0.571. The molecule has 0 amide bonds. The van der Waals surface area contributed by atoms with Gasteiger partial charge in [-0.1, -0.05) is 31.5 Å². The van der Waals surface area contributed by atoms with Crippen molar-refractivity contribution in [2.75, 3.05) is 18.5 Å². The van der Waals surface area contributed by atoms with E-state index in [1.54, 1.807) is 0 Å². The quantitative estimate of drug-likeness (QED) is 0.833. The fourth-order valence-electron chi connectivity index (χ4n) is 1.79. The van der Waals surface area contributed by atoms with E-state index in [-0.39, 0.29) is 0 Å². The molecule has 17 heavy (non-hydrogen) atoms. The average Bonchev–Trinajstić information content (AvgIpc) is 2.35. The van der Waals surface area contributed by atoms with Gasteiger partial charge in [0.05, 0.1) is 0 Å². The molecule has 1 atom stereocenters. The van der Waals surface area contributed by atoms with Crippen LogP contribution < -0.4 is 10.2 Å². The van der Waals surface area contributed by atoms with Crippen LogP contribution in [0.3, 0.4) is 0 Å². The molecule has 1 N–H and O–H groups in total. The molecular formula is C14H23ClN2. The van der Waals surface area contributed by atoms with Crippen molar-refractivity contribution < 1.29 is 0 Å². The van der Waals surface area contributed by atoms with E-state index in [4.69, 9.17) is 11.6 Å². The molecule has 1 rings (SSSR count). The Morgan fingerprint density at radius 1 is 1.35 bits per heavy atom. The molecule has 0 radical (unpaired) electrons. The van der Waals surface area contributed by atoms with Crippen molar-refractivity contribution in [3.05, 3.63) is 28.8 Å². The largest absolute Gasteiger partial charge is 0.372 e. The van der Waals surface area contributed by atoms with Crippen LogP contribution >= 0.6 is 11.6 Å². The van der Waals surface area contributed by atoms with Gasteiger partial charge in [0, 0.05) is 30.3 Å². The SMILES string of the molecule is CCNCc1ccc(Cl)cc1N(C)C(C)CC. The summed E-state index contributed by atoms with van der Waals surface area (Å²) >= 11 is 6.10. The second kappa shape index (κ2) is 6.87. The summed E-state index contributed by atoms with van der Waals surface area (Å²) in [6.45, 7) is 8.43. The van der Waals surface area contributed by atoms with E-state index in [9.17, 15) is 0 Å². The van der Waals surface area contributed by atoms with Crippen molar-refractivity contribution in [3.8, 4) is 0 Å². The highest BCUT2D eigenvalue weighted by Crippen LogP contribution is 2.26. The highest BCUT2D eigenvalue weighted by Gasteiger charge is 2.12. The lowest BCUT2D eigenvalue weighted by Gasteiger charge is -2.28. The van der Waals surface area contributed by atoms with Crippen LogP contribution in [0.2, 0.25) is 5.02 Å². The minimum absolute atomic E-state index is 0.522. The van der Waals surface area contributed by atoms with Crippen molar-refractivity contribution in [2.45, 2.75) is 39.8 Å². The second-order valence-corrected chi connectivity index (χ2v) is 4.86. The van der Waals surface area contributed by atoms with Crippen LogP contribution in [0.15, 0.2) is 18.2 Å². The zero-order chi connectivity index (χ0) is 12.8. The van der Waals surface area contributed by atoms with Gasteiger partial charge in [-0.25, -0.2) is 0 Å². The van der Waals surface area contributed by atoms with Gasteiger partial charge in [-0.3, -0.25) is 0 Å². The third-order valence-corrected chi connectivity index (χ3v) is 3.48. The van der Waals surface area contributed by atoms with E-state index in [0.29, 0.717) is 6.04 Å². The standard InChI is InChI=1S/C14H23ClN2/c1-5-11(3)17(4)14-9-13(15)8-7-12(14)10-16-6-2/h7-9,11,16H,5-6,10H2,1-4H3. The molecular weight excluding hydrogens is 232 g/mol. The molecule has 0 aliphatic heterocycles. The number of nitrogens with zero attached hydrogens (tertiary/aromatic N) is 1. The lowest BCUT2D eigenvalue weighted by atomic mass is 10.1. The first kappa shape index (κ1) is 14.3. The molecule has 0 aliphatic rings. The Hall–Kier alpha value is -0.730. The van der Waals surface area contributed by atoms with Gasteiger partial charge in [-0.15, -0.1) is 0 Å². The second-order valence-electron chi connectivity index (χ2n) is 4.42. The number of nitrogens with one attached hydrogen (secondary N) is 1. The summed E-state index contributed by atoms with van der Waals surface area (Å²) in [5, 5.41) is 4.17. The van der Waals surface area contributed by atoms with Crippen LogP contribution in [0.25, 0.3) is 0 Å². The van der Waals surface area contributed by atoms with E-state index < -0.39 is 0 Å². The van der Waals surface area contributed by atoms with Gasteiger partial charge in [-0.05, 0) is 37.6 Å². The summed E-state index contributed by atoms with van der Waals surface area (Å²) in [6.07, 6.45) is 1.13. The third-order valence-electron chi connectivity index (χ3n) is 3.24. The zero-order valence-corrected chi connectivity index (χ0v) is 12.0. The lowest BCUT2D eigenvalue weighted by Crippen LogP contribution is -2.29. The summed E-state index contributed by atoms with van der Waals surface area (Å²) in [5.74, 6) is 0. The van der Waals surface area contributed by atoms with Gasteiger partial charge < -0.3 is 10.2 Å². The van der Waals surface area contributed by atoms with Crippen molar-refractivity contribution in [2.24, 2.45) is 0 Å². The summed E-state index contributed by atoms with van der Waals surface area (Å²) in [4.78, 5) is 2.30. The van der Waals surface area contributed by atoms with Gasteiger partial charge in [0.1, 0.15) is 0 Å². The van der Waals surface area contributed by atoms with Gasteiger partial charge in [0.25, 0.3) is 0 Å².